The van der Waals surface area contributed by atoms with Gasteiger partial charge in [0.2, 0.25) is 0 Å². The Morgan fingerprint density at radius 1 is 1.25 bits per heavy atom. The summed E-state index contributed by atoms with van der Waals surface area (Å²) in [7, 11) is 0. The lowest BCUT2D eigenvalue weighted by Gasteiger charge is -2.28. The molecule has 1 fully saturated rings. The SMILES string of the molecule is CC(C)CN(c1ccc(CNC(C)C)cc1Br)C1CC1. The van der Waals surface area contributed by atoms with E-state index in [1.165, 1.54) is 28.6 Å². The summed E-state index contributed by atoms with van der Waals surface area (Å²) < 4.78 is 1.23. The second kappa shape index (κ2) is 6.95. The molecule has 1 aliphatic carbocycles. The number of rotatable bonds is 7. The van der Waals surface area contributed by atoms with E-state index in [1.807, 2.05) is 0 Å². The fraction of sp³-hybridized carbons (Fsp3) is 0.647. The van der Waals surface area contributed by atoms with Gasteiger partial charge in [-0.2, -0.15) is 0 Å². The molecule has 0 heterocycles. The maximum absolute atomic E-state index is 3.77. The predicted molar refractivity (Wildman–Crippen MR) is 91.3 cm³/mol. The van der Waals surface area contributed by atoms with Crippen LogP contribution in [0.5, 0.6) is 0 Å². The lowest BCUT2D eigenvalue weighted by molar-refractivity contribution is 0.588. The Kier molecular flexibility index (Phi) is 5.50. The predicted octanol–water partition coefficient (Wildman–Crippen LogP) is 4.57. The number of halogens is 1. The largest absolute Gasteiger partial charge is 0.367 e. The Balaban J connectivity index is 2.10. The zero-order valence-electron chi connectivity index (χ0n) is 13.1. The smallest absolute Gasteiger partial charge is 0.0513 e. The summed E-state index contributed by atoms with van der Waals surface area (Å²) in [5, 5.41) is 3.47. The summed E-state index contributed by atoms with van der Waals surface area (Å²) in [4.78, 5) is 2.58. The summed E-state index contributed by atoms with van der Waals surface area (Å²) >= 11 is 3.77. The van der Waals surface area contributed by atoms with Crippen LogP contribution in [0.4, 0.5) is 5.69 Å². The molecule has 0 spiro atoms. The van der Waals surface area contributed by atoms with Crippen molar-refractivity contribution in [2.24, 2.45) is 5.92 Å². The van der Waals surface area contributed by atoms with Gasteiger partial charge in [-0.25, -0.2) is 0 Å². The normalized spacial score (nSPS) is 15.2. The van der Waals surface area contributed by atoms with E-state index >= 15 is 0 Å². The quantitative estimate of drug-likeness (QED) is 0.783. The Bertz CT molecular complexity index is 439. The van der Waals surface area contributed by atoms with Gasteiger partial charge in [-0.15, -0.1) is 0 Å². The van der Waals surface area contributed by atoms with Gasteiger partial charge in [0.15, 0.2) is 0 Å². The highest BCUT2D eigenvalue weighted by molar-refractivity contribution is 9.10. The van der Waals surface area contributed by atoms with E-state index in [0.29, 0.717) is 12.0 Å². The molecule has 0 radical (unpaired) electrons. The van der Waals surface area contributed by atoms with Gasteiger partial charge < -0.3 is 10.2 Å². The molecule has 2 rings (SSSR count). The van der Waals surface area contributed by atoms with Crippen molar-refractivity contribution in [1.82, 2.24) is 5.32 Å². The summed E-state index contributed by atoms with van der Waals surface area (Å²) in [5.74, 6) is 0.699. The Morgan fingerprint density at radius 3 is 2.45 bits per heavy atom. The zero-order chi connectivity index (χ0) is 14.7. The van der Waals surface area contributed by atoms with Crippen molar-refractivity contribution in [3.63, 3.8) is 0 Å². The molecule has 0 aliphatic heterocycles. The van der Waals surface area contributed by atoms with Crippen LogP contribution in [0.1, 0.15) is 46.1 Å². The van der Waals surface area contributed by atoms with Gasteiger partial charge in [0, 0.05) is 29.6 Å². The topological polar surface area (TPSA) is 15.3 Å². The van der Waals surface area contributed by atoms with Gasteiger partial charge in [-0.3, -0.25) is 0 Å². The van der Waals surface area contributed by atoms with E-state index in [0.717, 1.165) is 19.1 Å². The van der Waals surface area contributed by atoms with E-state index in [2.05, 4.69) is 72.0 Å². The monoisotopic (exact) mass is 338 g/mol. The van der Waals surface area contributed by atoms with Crippen molar-refractivity contribution in [3.05, 3.63) is 28.2 Å². The highest BCUT2D eigenvalue weighted by atomic mass is 79.9. The van der Waals surface area contributed by atoms with Crippen molar-refractivity contribution in [3.8, 4) is 0 Å². The first-order chi connectivity index (χ1) is 9.47. The van der Waals surface area contributed by atoms with E-state index in [1.54, 1.807) is 0 Å². The number of benzene rings is 1. The first-order valence-electron chi connectivity index (χ1n) is 7.75. The average Bonchev–Trinajstić information content (AvgIpc) is 3.18. The Labute approximate surface area is 132 Å². The first kappa shape index (κ1) is 15.8. The summed E-state index contributed by atoms with van der Waals surface area (Å²) in [5.41, 5.74) is 2.70. The third kappa shape index (κ3) is 4.49. The van der Waals surface area contributed by atoms with E-state index in [4.69, 9.17) is 0 Å². The number of hydrogen-bond acceptors (Lipinski definition) is 2. The molecule has 1 N–H and O–H groups in total. The fourth-order valence-electron chi connectivity index (χ4n) is 2.44. The van der Waals surface area contributed by atoms with Crippen LogP contribution in [0, 0.1) is 5.92 Å². The highest BCUT2D eigenvalue weighted by Gasteiger charge is 2.30. The lowest BCUT2D eigenvalue weighted by atomic mass is 10.1. The second-order valence-corrected chi connectivity index (χ2v) is 7.45. The minimum atomic E-state index is 0.525. The zero-order valence-corrected chi connectivity index (χ0v) is 14.7. The molecule has 2 nitrogen and oxygen atoms in total. The molecular weight excluding hydrogens is 312 g/mol. The van der Waals surface area contributed by atoms with Gasteiger partial charge in [0.25, 0.3) is 0 Å². The molecule has 112 valence electrons. The summed E-state index contributed by atoms with van der Waals surface area (Å²) in [6.45, 7) is 11.0. The molecule has 0 amide bonds. The van der Waals surface area contributed by atoms with Crippen LogP contribution in [0.2, 0.25) is 0 Å². The number of nitrogens with zero attached hydrogens (tertiary/aromatic N) is 1. The van der Waals surface area contributed by atoms with E-state index in [-0.39, 0.29) is 0 Å². The summed E-state index contributed by atoms with van der Waals surface area (Å²) in [6, 6.07) is 8.08. The minimum absolute atomic E-state index is 0.525. The maximum Gasteiger partial charge on any atom is 0.0513 e. The van der Waals surface area contributed by atoms with Gasteiger partial charge in [-0.1, -0.05) is 33.8 Å². The van der Waals surface area contributed by atoms with Crippen molar-refractivity contribution in [2.45, 2.75) is 59.2 Å². The molecule has 0 saturated heterocycles. The Morgan fingerprint density at radius 2 is 1.95 bits per heavy atom. The van der Waals surface area contributed by atoms with Crippen molar-refractivity contribution < 1.29 is 0 Å². The molecule has 20 heavy (non-hydrogen) atoms. The molecule has 1 aliphatic rings. The molecule has 0 unspecified atom stereocenters. The summed E-state index contributed by atoms with van der Waals surface area (Å²) in [6.07, 6.45) is 2.69. The fourth-order valence-corrected chi connectivity index (χ4v) is 3.09. The van der Waals surface area contributed by atoms with Crippen molar-refractivity contribution >= 4 is 21.6 Å². The third-order valence-electron chi connectivity index (χ3n) is 3.59. The van der Waals surface area contributed by atoms with E-state index in [9.17, 15) is 0 Å². The molecule has 0 aromatic heterocycles. The number of hydrogen-bond donors (Lipinski definition) is 1. The van der Waals surface area contributed by atoms with Crippen molar-refractivity contribution in [2.75, 3.05) is 11.4 Å². The van der Waals surface area contributed by atoms with Crippen LogP contribution in [-0.4, -0.2) is 18.6 Å². The second-order valence-electron chi connectivity index (χ2n) is 6.60. The van der Waals surface area contributed by atoms with Crippen LogP contribution >= 0.6 is 15.9 Å². The molecular formula is C17H27BrN2. The minimum Gasteiger partial charge on any atom is -0.367 e. The standard InChI is InChI=1S/C17H27BrN2/c1-12(2)11-20(15-6-7-15)17-8-5-14(9-16(17)18)10-19-13(3)4/h5,8-9,12-13,15,19H,6-7,10-11H2,1-4H3. The van der Waals surface area contributed by atoms with Crippen LogP contribution < -0.4 is 10.2 Å². The van der Waals surface area contributed by atoms with Crippen LogP contribution in [-0.2, 0) is 6.54 Å². The van der Waals surface area contributed by atoms with Gasteiger partial charge in [0.05, 0.1) is 5.69 Å². The van der Waals surface area contributed by atoms with Crippen LogP contribution in [0.25, 0.3) is 0 Å². The lowest BCUT2D eigenvalue weighted by Crippen LogP contribution is -2.30. The highest BCUT2D eigenvalue weighted by Crippen LogP contribution is 2.36. The van der Waals surface area contributed by atoms with Crippen LogP contribution in [0.3, 0.4) is 0 Å². The molecule has 0 atom stereocenters. The third-order valence-corrected chi connectivity index (χ3v) is 4.22. The van der Waals surface area contributed by atoms with Crippen molar-refractivity contribution in [1.29, 1.82) is 0 Å². The molecule has 0 bridgehead atoms. The molecule has 3 heteroatoms. The van der Waals surface area contributed by atoms with Gasteiger partial charge in [0.1, 0.15) is 0 Å². The molecule has 1 aromatic carbocycles. The van der Waals surface area contributed by atoms with Gasteiger partial charge >= 0.3 is 0 Å². The Hall–Kier alpha value is -0.540. The number of anilines is 1. The van der Waals surface area contributed by atoms with Gasteiger partial charge in [-0.05, 0) is 52.4 Å². The number of nitrogens with one attached hydrogen (secondary N) is 1. The molecule has 1 aromatic rings. The van der Waals surface area contributed by atoms with Crippen LogP contribution in [0.15, 0.2) is 22.7 Å². The maximum atomic E-state index is 3.77. The average molecular weight is 339 g/mol. The molecule has 1 saturated carbocycles. The van der Waals surface area contributed by atoms with E-state index < -0.39 is 0 Å². The first-order valence-corrected chi connectivity index (χ1v) is 8.55.